The summed E-state index contributed by atoms with van der Waals surface area (Å²) in [6, 6.07) is 4.82. The normalized spacial score (nSPS) is 21.4. The molecule has 2 N–H and O–H groups in total. The van der Waals surface area contributed by atoms with E-state index in [-0.39, 0.29) is 0 Å². The van der Waals surface area contributed by atoms with Crippen molar-refractivity contribution in [2.24, 2.45) is 16.8 Å². The van der Waals surface area contributed by atoms with Crippen LogP contribution in [0.4, 0.5) is 0 Å². The molecular formula is C18H32N4S. The molecule has 0 saturated carbocycles. The van der Waals surface area contributed by atoms with Crippen LogP contribution < -0.4 is 10.6 Å². The van der Waals surface area contributed by atoms with Gasteiger partial charge in [-0.05, 0) is 49.6 Å². The zero-order chi connectivity index (χ0) is 16.7. The Hall–Kier alpha value is -1.07. The molecule has 4 nitrogen and oxygen atoms in total. The van der Waals surface area contributed by atoms with Crippen molar-refractivity contribution in [2.45, 2.75) is 46.2 Å². The first kappa shape index (κ1) is 18.3. The topological polar surface area (TPSA) is 39.7 Å². The predicted octanol–water partition coefficient (Wildman–Crippen LogP) is 3.17. The molecule has 2 atom stereocenters. The third-order valence-corrected chi connectivity index (χ3v) is 5.57. The molecule has 0 aromatic carbocycles. The largest absolute Gasteiger partial charge is 0.356 e. The first-order chi connectivity index (χ1) is 11.1. The third kappa shape index (κ3) is 6.15. The minimum absolute atomic E-state index is 0.433. The monoisotopic (exact) mass is 336 g/mol. The molecule has 2 heterocycles. The lowest BCUT2D eigenvalue weighted by Crippen LogP contribution is -2.47. The van der Waals surface area contributed by atoms with E-state index in [9.17, 15) is 0 Å². The van der Waals surface area contributed by atoms with Crippen LogP contribution in [0.25, 0.3) is 0 Å². The van der Waals surface area contributed by atoms with E-state index in [0.717, 1.165) is 19.0 Å². The molecule has 2 rings (SSSR count). The maximum absolute atomic E-state index is 4.36. The molecule has 1 aromatic rings. The van der Waals surface area contributed by atoms with E-state index >= 15 is 0 Å². The summed E-state index contributed by atoms with van der Waals surface area (Å²) in [5, 5.41) is 9.17. The second kappa shape index (κ2) is 9.28. The Labute approximate surface area is 145 Å². The summed E-state index contributed by atoms with van der Waals surface area (Å²) in [6.45, 7) is 11.2. The van der Waals surface area contributed by atoms with Gasteiger partial charge in [0.05, 0.1) is 0 Å². The summed E-state index contributed by atoms with van der Waals surface area (Å²) >= 11 is 1.86. The van der Waals surface area contributed by atoms with Crippen molar-refractivity contribution in [3.8, 4) is 0 Å². The molecule has 0 spiro atoms. The quantitative estimate of drug-likeness (QED) is 0.619. The van der Waals surface area contributed by atoms with E-state index in [1.54, 1.807) is 0 Å². The molecular weight excluding hydrogens is 304 g/mol. The highest BCUT2D eigenvalue weighted by Crippen LogP contribution is 2.19. The lowest BCUT2D eigenvalue weighted by molar-refractivity contribution is 0.169. The summed E-state index contributed by atoms with van der Waals surface area (Å²) in [5.74, 6) is 2.24. The Morgan fingerprint density at radius 1 is 1.43 bits per heavy atom. The molecule has 23 heavy (non-hydrogen) atoms. The maximum atomic E-state index is 4.36. The van der Waals surface area contributed by atoms with Gasteiger partial charge in [0.25, 0.3) is 0 Å². The molecule has 1 aliphatic heterocycles. The molecule has 1 aliphatic rings. The average molecular weight is 337 g/mol. The van der Waals surface area contributed by atoms with E-state index in [0.29, 0.717) is 17.9 Å². The highest BCUT2D eigenvalue weighted by Gasteiger charge is 2.20. The first-order valence-corrected chi connectivity index (χ1v) is 9.68. The number of hydrogen-bond donors (Lipinski definition) is 2. The van der Waals surface area contributed by atoms with Gasteiger partial charge >= 0.3 is 0 Å². The lowest BCUT2D eigenvalue weighted by atomic mass is 9.98. The molecule has 2 unspecified atom stereocenters. The zero-order valence-corrected chi connectivity index (χ0v) is 15.8. The van der Waals surface area contributed by atoms with Gasteiger partial charge in [-0.2, -0.15) is 0 Å². The Balaban J connectivity index is 1.76. The van der Waals surface area contributed by atoms with E-state index in [2.05, 4.69) is 58.8 Å². The molecule has 5 heteroatoms. The van der Waals surface area contributed by atoms with Gasteiger partial charge in [0.1, 0.15) is 0 Å². The Morgan fingerprint density at radius 2 is 2.26 bits per heavy atom. The highest BCUT2D eigenvalue weighted by atomic mass is 32.1. The van der Waals surface area contributed by atoms with Crippen LogP contribution in [0.15, 0.2) is 22.5 Å². The molecule has 1 aromatic heterocycles. The summed E-state index contributed by atoms with van der Waals surface area (Å²) in [4.78, 5) is 8.42. The van der Waals surface area contributed by atoms with Crippen LogP contribution >= 0.6 is 11.3 Å². The fraction of sp³-hybridized carbons (Fsp3) is 0.722. The number of piperidine rings is 1. The molecule has 0 radical (unpaired) electrons. The average Bonchev–Trinajstić information content (AvgIpc) is 3.04. The molecule has 1 fully saturated rings. The van der Waals surface area contributed by atoms with Crippen LogP contribution in [0.1, 0.15) is 38.5 Å². The first-order valence-electron chi connectivity index (χ1n) is 8.80. The number of aliphatic imine (C=N–C) groups is 1. The number of nitrogens with zero attached hydrogens (tertiary/aromatic N) is 2. The number of nitrogens with one attached hydrogen (secondary N) is 2. The van der Waals surface area contributed by atoms with E-state index in [1.807, 2.05) is 18.4 Å². The van der Waals surface area contributed by atoms with Crippen molar-refractivity contribution < 1.29 is 0 Å². The number of thiophene rings is 1. The van der Waals surface area contributed by atoms with Gasteiger partial charge in [-0.25, -0.2) is 0 Å². The number of guanidine groups is 1. The van der Waals surface area contributed by atoms with Crippen molar-refractivity contribution in [2.75, 3.05) is 26.7 Å². The van der Waals surface area contributed by atoms with E-state index < -0.39 is 0 Å². The number of rotatable bonds is 6. The Morgan fingerprint density at radius 3 is 2.91 bits per heavy atom. The van der Waals surface area contributed by atoms with Crippen molar-refractivity contribution in [1.29, 1.82) is 0 Å². The summed E-state index contributed by atoms with van der Waals surface area (Å²) in [5.41, 5.74) is 0. The molecule has 0 bridgehead atoms. The van der Waals surface area contributed by atoms with Crippen molar-refractivity contribution >= 4 is 17.3 Å². The van der Waals surface area contributed by atoms with Crippen LogP contribution in [-0.4, -0.2) is 43.6 Å². The Bertz CT molecular complexity index is 469. The summed E-state index contributed by atoms with van der Waals surface area (Å²) < 4.78 is 0. The van der Waals surface area contributed by atoms with Crippen LogP contribution in [0, 0.1) is 11.8 Å². The number of hydrogen-bond acceptors (Lipinski definition) is 3. The van der Waals surface area contributed by atoms with Crippen molar-refractivity contribution in [3.63, 3.8) is 0 Å². The smallest absolute Gasteiger partial charge is 0.191 e. The van der Waals surface area contributed by atoms with Crippen LogP contribution in [0.3, 0.4) is 0 Å². The Kier molecular flexibility index (Phi) is 7.37. The van der Waals surface area contributed by atoms with E-state index in [1.165, 1.54) is 30.8 Å². The van der Waals surface area contributed by atoms with Crippen LogP contribution in [0.2, 0.25) is 0 Å². The fourth-order valence-corrected chi connectivity index (χ4v) is 3.65. The van der Waals surface area contributed by atoms with Crippen molar-refractivity contribution in [1.82, 2.24) is 15.5 Å². The number of likely N-dealkylation sites (tertiary alicyclic amines) is 1. The molecule has 130 valence electrons. The van der Waals surface area contributed by atoms with Gasteiger partial charge in [0, 0.05) is 37.6 Å². The second-order valence-corrected chi connectivity index (χ2v) is 7.99. The summed E-state index contributed by atoms with van der Waals surface area (Å²) in [7, 11) is 1.85. The lowest BCUT2D eigenvalue weighted by Gasteiger charge is -2.33. The minimum atomic E-state index is 0.433. The van der Waals surface area contributed by atoms with Gasteiger partial charge in [-0.1, -0.05) is 19.9 Å². The van der Waals surface area contributed by atoms with Gasteiger partial charge in [0.15, 0.2) is 5.96 Å². The fourth-order valence-electron chi connectivity index (χ4n) is 2.90. The molecule has 0 amide bonds. The van der Waals surface area contributed by atoms with Gasteiger partial charge in [-0.3, -0.25) is 9.89 Å². The van der Waals surface area contributed by atoms with E-state index in [4.69, 9.17) is 0 Å². The predicted molar refractivity (Wildman–Crippen MR) is 101 cm³/mol. The standard InChI is InChI=1S/C18H32N4S/c1-14(2)15(3)21-18(19-4)20-11-16-7-5-9-22(12-16)13-17-8-6-10-23-17/h6,8,10,14-16H,5,7,9,11-13H2,1-4H3,(H2,19,20,21). The second-order valence-electron chi connectivity index (χ2n) is 6.95. The van der Waals surface area contributed by atoms with Gasteiger partial charge in [-0.15, -0.1) is 11.3 Å². The minimum Gasteiger partial charge on any atom is -0.356 e. The van der Waals surface area contributed by atoms with Crippen LogP contribution in [0.5, 0.6) is 0 Å². The van der Waals surface area contributed by atoms with Gasteiger partial charge < -0.3 is 10.6 Å². The molecule has 0 aliphatic carbocycles. The molecule has 1 saturated heterocycles. The SMILES string of the molecule is CN=C(NCC1CCCN(Cc2cccs2)C1)NC(C)C(C)C. The maximum Gasteiger partial charge on any atom is 0.191 e. The van der Waals surface area contributed by atoms with Crippen LogP contribution in [-0.2, 0) is 6.54 Å². The third-order valence-electron chi connectivity index (χ3n) is 4.71. The zero-order valence-electron chi connectivity index (χ0n) is 15.0. The van der Waals surface area contributed by atoms with Crippen molar-refractivity contribution in [3.05, 3.63) is 22.4 Å². The van der Waals surface area contributed by atoms with Gasteiger partial charge in [0.2, 0.25) is 0 Å². The highest BCUT2D eigenvalue weighted by molar-refractivity contribution is 7.09. The summed E-state index contributed by atoms with van der Waals surface area (Å²) in [6.07, 6.45) is 2.61.